The standard InChI is InChI=1S/C23H22ClFN4O2/c1-13-10-17(24)5-6-18(13)15-4-7-20(19(25)11-15)29-21(26-27-23(29)31)16-8-9-28(12-16)22(30)14-2-3-14/h4-7,10-11,14,16H,2-3,8-9,12H2,1H3,(H,27,31). The second-order valence-corrected chi connectivity index (χ2v) is 8.83. The predicted molar refractivity (Wildman–Crippen MR) is 116 cm³/mol. The lowest BCUT2D eigenvalue weighted by atomic mass is 10.00. The fourth-order valence-electron chi connectivity index (χ4n) is 4.38. The highest BCUT2D eigenvalue weighted by molar-refractivity contribution is 6.30. The quantitative estimate of drug-likeness (QED) is 0.665. The van der Waals surface area contributed by atoms with E-state index >= 15 is 4.39 Å². The van der Waals surface area contributed by atoms with Gasteiger partial charge in [0.2, 0.25) is 5.91 Å². The first-order valence-electron chi connectivity index (χ1n) is 10.4. The highest BCUT2D eigenvalue weighted by atomic mass is 35.5. The number of carbonyl (C=O) groups is 1. The van der Waals surface area contributed by atoms with Gasteiger partial charge in [0.05, 0.1) is 5.69 Å². The highest BCUT2D eigenvalue weighted by Gasteiger charge is 2.38. The van der Waals surface area contributed by atoms with E-state index in [1.807, 2.05) is 24.0 Å². The van der Waals surface area contributed by atoms with Gasteiger partial charge in [0.1, 0.15) is 11.6 Å². The number of hydrogen-bond donors (Lipinski definition) is 1. The molecule has 6 nitrogen and oxygen atoms in total. The molecule has 5 rings (SSSR count). The summed E-state index contributed by atoms with van der Waals surface area (Å²) in [5.74, 6) is 0.174. The van der Waals surface area contributed by atoms with Crippen LogP contribution in [0.5, 0.6) is 0 Å². The van der Waals surface area contributed by atoms with Gasteiger partial charge in [-0.25, -0.2) is 18.9 Å². The molecule has 1 aliphatic carbocycles. The Morgan fingerprint density at radius 3 is 2.71 bits per heavy atom. The molecule has 3 aromatic rings. The Morgan fingerprint density at radius 1 is 1.19 bits per heavy atom. The summed E-state index contributed by atoms with van der Waals surface area (Å²) < 4.78 is 16.5. The molecule has 1 atom stereocenters. The number of nitrogens with zero attached hydrogens (tertiary/aromatic N) is 3. The van der Waals surface area contributed by atoms with Crippen molar-refractivity contribution in [3.8, 4) is 16.8 Å². The number of hydrogen-bond acceptors (Lipinski definition) is 3. The lowest BCUT2D eigenvalue weighted by molar-refractivity contribution is -0.131. The zero-order valence-corrected chi connectivity index (χ0v) is 17.8. The van der Waals surface area contributed by atoms with Gasteiger partial charge in [-0.3, -0.25) is 4.79 Å². The predicted octanol–water partition coefficient (Wildman–Crippen LogP) is 4.05. The van der Waals surface area contributed by atoms with Crippen LogP contribution in [0.3, 0.4) is 0 Å². The van der Waals surface area contributed by atoms with E-state index in [0.29, 0.717) is 35.9 Å². The first-order valence-corrected chi connectivity index (χ1v) is 10.8. The number of nitrogens with one attached hydrogen (secondary N) is 1. The molecule has 1 amide bonds. The van der Waals surface area contributed by atoms with Crippen LogP contribution in [0.25, 0.3) is 16.8 Å². The molecule has 1 saturated carbocycles. The average Bonchev–Trinajstić information content (AvgIpc) is 3.35. The molecule has 31 heavy (non-hydrogen) atoms. The van der Waals surface area contributed by atoms with Gasteiger partial charge in [-0.05, 0) is 67.1 Å². The fourth-order valence-corrected chi connectivity index (χ4v) is 4.61. The fraction of sp³-hybridized carbons (Fsp3) is 0.348. The molecule has 2 heterocycles. The Hall–Kier alpha value is -2.93. The maximum absolute atomic E-state index is 15.2. The molecule has 8 heteroatoms. The van der Waals surface area contributed by atoms with Crippen molar-refractivity contribution in [2.75, 3.05) is 13.1 Å². The van der Waals surface area contributed by atoms with Crippen LogP contribution in [0.4, 0.5) is 4.39 Å². The SMILES string of the molecule is Cc1cc(Cl)ccc1-c1ccc(-n2c(C3CCN(C(=O)C4CC4)C3)n[nH]c2=O)c(F)c1. The van der Waals surface area contributed by atoms with E-state index < -0.39 is 11.5 Å². The van der Waals surface area contributed by atoms with Gasteiger partial charge in [-0.15, -0.1) is 0 Å². The Morgan fingerprint density at radius 2 is 2.00 bits per heavy atom. The van der Waals surface area contributed by atoms with Gasteiger partial charge in [0.15, 0.2) is 0 Å². The van der Waals surface area contributed by atoms with Crippen molar-refractivity contribution in [3.05, 3.63) is 69.1 Å². The van der Waals surface area contributed by atoms with Gasteiger partial charge in [0.25, 0.3) is 0 Å². The van der Waals surface area contributed by atoms with Gasteiger partial charge in [-0.2, -0.15) is 5.10 Å². The maximum atomic E-state index is 15.2. The van der Waals surface area contributed by atoms with Crippen molar-refractivity contribution >= 4 is 17.5 Å². The van der Waals surface area contributed by atoms with E-state index in [2.05, 4.69) is 10.2 Å². The molecule has 0 bridgehead atoms. The molecular weight excluding hydrogens is 419 g/mol. The van der Waals surface area contributed by atoms with E-state index in [-0.39, 0.29) is 23.4 Å². The third-order valence-electron chi connectivity index (χ3n) is 6.18. The number of rotatable bonds is 4. The van der Waals surface area contributed by atoms with Crippen molar-refractivity contribution in [1.29, 1.82) is 0 Å². The van der Waals surface area contributed by atoms with E-state index in [1.165, 1.54) is 10.6 Å². The molecular formula is C23H22ClFN4O2. The molecule has 1 N–H and O–H groups in total. The summed E-state index contributed by atoms with van der Waals surface area (Å²) in [4.78, 5) is 26.7. The van der Waals surface area contributed by atoms with Crippen molar-refractivity contribution in [3.63, 3.8) is 0 Å². The Bertz CT molecular complexity index is 1230. The van der Waals surface area contributed by atoms with E-state index in [1.54, 1.807) is 18.2 Å². The number of aromatic nitrogens is 3. The second kappa shape index (κ2) is 7.64. The molecule has 2 fully saturated rings. The number of halogens is 2. The minimum Gasteiger partial charge on any atom is -0.342 e. The van der Waals surface area contributed by atoms with Crippen LogP contribution in [0.2, 0.25) is 5.02 Å². The second-order valence-electron chi connectivity index (χ2n) is 8.39. The zero-order valence-electron chi connectivity index (χ0n) is 17.1. The van der Waals surface area contributed by atoms with Crippen molar-refractivity contribution < 1.29 is 9.18 Å². The van der Waals surface area contributed by atoms with E-state index in [9.17, 15) is 9.59 Å². The van der Waals surface area contributed by atoms with Crippen LogP contribution in [-0.4, -0.2) is 38.7 Å². The lowest BCUT2D eigenvalue weighted by Gasteiger charge is -2.16. The van der Waals surface area contributed by atoms with Crippen LogP contribution in [0, 0.1) is 18.7 Å². The zero-order chi connectivity index (χ0) is 21.7. The third kappa shape index (κ3) is 3.67. The molecule has 1 aliphatic heterocycles. The summed E-state index contributed by atoms with van der Waals surface area (Å²) >= 11 is 6.03. The smallest absolute Gasteiger partial charge is 0.342 e. The molecule has 2 aliphatic rings. The monoisotopic (exact) mass is 440 g/mol. The minimum atomic E-state index is -0.513. The summed E-state index contributed by atoms with van der Waals surface area (Å²) in [7, 11) is 0. The van der Waals surface area contributed by atoms with Gasteiger partial charge < -0.3 is 4.90 Å². The third-order valence-corrected chi connectivity index (χ3v) is 6.41. The van der Waals surface area contributed by atoms with Crippen molar-refractivity contribution in [2.24, 2.45) is 5.92 Å². The molecule has 1 aromatic heterocycles. The summed E-state index contributed by atoms with van der Waals surface area (Å²) in [5.41, 5.74) is 2.18. The van der Waals surface area contributed by atoms with Crippen LogP contribution >= 0.6 is 11.6 Å². The van der Waals surface area contributed by atoms with Crippen molar-refractivity contribution in [1.82, 2.24) is 19.7 Å². The number of aromatic amines is 1. The Labute approximate surface area is 183 Å². The highest BCUT2D eigenvalue weighted by Crippen LogP contribution is 2.35. The van der Waals surface area contributed by atoms with Crippen LogP contribution < -0.4 is 5.69 Å². The molecule has 1 saturated heterocycles. The average molecular weight is 441 g/mol. The normalized spacial score (nSPS) is 18.5. The van der Waals surface area contributed by atoms with Gasteiger partial charge >= 0.3 is 5.69 Å². The summed E-state index contributed by atoms with van der Waals surface area (Å²) in [6.45, 7) is 3.06. The first-order chi connectivity index (χ1) is 14.9. The summed E-state index contributed by atoms with van der Waals surface area (Å²) in [5, 5.41) is 7.26. The number of aryl methyl sites for hydroxylation is 1. The first kappa shape index (κ1) is 20.0. The van der Waals surface area contributed by atoms with E-state index in [0.717, 1.165) is 24.0 Å². The molecule has 1 unspecified atom stereocenters. The topological polar surface area (TPSA) is 71.0 Å². The summed E-state index contributed by atoms with van der Waals surface area (Å²) in [6.07, 6.45) is 2.61. The molecule has 0 radical (unpaired) electrons. The number of amides is 1. The number of likely N-dealkylation sites (tertiary alicyclic amines) is 1. The molecule has 160 valence electrons. The Balaban J connectivity index is 1.46. The van der Waals surface area contributed by atoms with Crippen LogP contribution in [-0.2, 0) is 4.79 Å². The number of H-pyrrole nitrogens is 1. The Kier molecular flexibility index (Phi) is 4.93. The van der Waals surface area contributed by atoms with Gasteiger partial charge in [-0.1, -0.05) is 23.7 Å². The maximum Gasteiger partial charge on any atom is 0.348 e. The number of benzene rings is 2. The van der Waals surface area contributed by atoms with Crippen molar-refractivity contribution in [2.45, 2.75) is 32.1 Å². The van der Waals surface area contributed by atoms with Crippen LogP contribution in [0.1, 0.15) is 36.6 Å². The summed E-state index contributed by atoms with van der Waals surface area (Å²) in [6, 6.07) is 10.3. The lowest BCUT2D eigenvalue weighted by Crippen LogP contribution is -2.30. The van der Waals surface area contributed by atoms with Crippen LogP contribution in [0.15, 0.2) is 41.2 Å². The van der Waals surface area contributed by atoms with Gasteiger partial charge in [0, 0.05) is 29.9 Å². The van der Waals surface area contributed by atoms with E-state index in [4.69, 9.17) is 11.6 Å². The molecule has 2 aromatic carbocycles. The minimum absolute atomic E-state index is 0.112. The largest absolute Gasteiger partial charge is 0.348 e. The molecule has 0 spiro atoms. The number of carbonyl (C=O) groups excluding carboxylic acids is 1.